The molecule has 110 valence electrons. The molecule has 0 spiro atoms. The van der Waals surface area contributed by atoms with Gasteiger partial charge in [-0.25, -0.2) is 4.79 Å². The van der Waals surface area contributed by atoms with Crippen LogP contribution in [0.3, 0.4) is 0 Å². The number of ketones is 1. The number of cyclic esters (lactones) is 1. The lowest BCUT2D eigenvalue weighted by Crippen LogP contribution is -2.26. The highest BCUT2D eigenvalue weighted by Gasteiger charge is 2.20. The standard InChI is InChI=1S/C17H18O4/c18-14(10-9-13-5-2-1-3-6-13)11-15(19)12-16-7-4-8-17(20)21-16/h1-6,8-10,15-16,19H,7,11-12H2/b10-9+/t15-,16-/m1/s1. The lowest BCUT2D eigenvalue weighted by Gasteiger charge is -2.20. The molecule has 0 aliphatic carbocycles. The van der Waals surface area contributed by atoms with E-state index in [1.165, 1.54) is 12.2 Å². The molecule has 0 radical (unpaired) electrons. The van der Waals surface area contributed by atoms with Crippen LogP contribution in [0.25, 0.3) is 6.08 Å². The maximum atomic E-state index is 11.8. The summed E-state index contributed by atoms with van der Waals surface area (Å²) in [6, 6.07) is 9.48. The topological polar surface area (TPSA) is 63.6 Å². The van der Waals surface area contributed by atoms with E-state index in [2.05, 4.69) is 0 Å². The molecule has 4 nitrogen and oxygen atoms in total. The van der Waals surface area contributed by atoms with E-state index in [9.17, 15) is 14.7 Å². The Hall–Kier alpha value is -2.20. The number of allylic oxidation sites excluding steroid dienone is 1. The number of esters is 1. The molecule has 1 aliphatic rings. The van der Waals surface area contributed by atoms with Crippen LogP contribution in [-0.2, 0) is 14.3 Å². The van der Waals surface area contributed by atoms with Crippen LogP contribution in [0.1, 0.15) is 24.8 Å². The molecule has 0 saturated heterocycles. The van der Waals surface area contributed by atoms with Crippen molar-refractivity contribution in [2.45, 2.75) is 31.5 Å². The zero-order chi connectivity index (χ0) is 15.1. The molecule has 2 rings (SSSR count). The summed E-state index contributed by atoms with van der Waals surface area (Å²) in [5.41, 5.74) is 0.937. The Labute approximate surface area is 123 Å². The Bertz CT molecular complexity index is 545. The lowest BCUT2D eigenvalue weighted by atomic mass is 10.0. The van der Waals surface area contributed by atoms with Gasteiger partial charge in [0.1, 0.15) is 6.10 Å². The van der Waals surface area contributed by atoms with Crippen LogP contribution in [0.4, 0.5) is 0 Å². The minimum atomic E-state index is -0.803. The first-order chi connectivity index (χ1) is 10.1. The maximum absolute atomic E-state index is 11.8. The number of ether oxygens (including phenoxy) is 1. The predicted octanol–water partition coefficient (Wildman–Crippen LogP) is 2.28. The molecular formula is C17H18O4. The minimum Gasteiger partial charge on any atom is -0.459 e. The van der Waals surface area contributed by atoms with Gasteiger partial charge in [-0.15, -0.1) is 0 Å². The largest absolute Gasteiger partial charge is 0.459 e. The molecule has 1 heterocycles. The Kier molecular flexibility index (Phi) is 5.46. The second-order valence-corrected chi connectivity index (χ2v) is 5.00. The number of aliphatic hydroxyl groups excluding tert-OH is 1. The number of hydrogen-bond donors (Lipinski definition) is 1. The van der Waals surface area contributed by atoms with Gasteiger partial charge in [-0.1, -0.05) is 42.5 Å². The van der Waals surface area contributed by atoms with Gasteiger partial charge in [-0.3, -0.25) is 4.79 Å². The first-order valence-corrected chi connectivity index (χ1v) is 6.94. The monoisotopic (exact) mass is 286 g/mol. The van der Waals surface area contributed by atoms with Crippen molar-refractivity contribution in [3.05, 3.63) is 54.1 Å². The molecule has 0 fully saturated rings. The normalized spacial score (nSPS) is 19.5. The van der Waals surface area contributed by atoms with Crippen molar-refractivity contribution in [3.63, 3.8) is 0 Å². The van der Waals surface area contributed by atoms with E-state index in [0.29, 0.717) is 6.42 Å². The van der Waals surface area contributed by atoms with E-state index >= 15 is 0 Å². The quantitative estimate of drug-likeness (QED) is 0.643. The van der Waals surface area contributed by atoms with E-state index < -0.39 is 12.1 Å². The zero-order valence-corrected chi connectivity index (χ0v) is 11.6. The van der Waals surface area contributed by atoms with Crippen LogP contribution in [0.15, 0.2) is 48.6 Å². The van der Waals surface area contributed by atoms with E-state index in [4.69, 9.17) is 4.74 Å². The van der Waals surface area contributed by atoms with Crippen molar-refractivity contribution >= 4 is 17.8 Å². The van der Waals surface area contributed by atoms with Gasteiger partial charge in [-0.2, -0.15) is 0 Å². The van der Waals surface area contributed by atoms with Crippen LogP contribution in [0.5, 0.6) is 0 Å². The molecule has 2 atom stereocenters. The molecule has 0 unspecified atom stereocenters. The Morgan fingerprint density at radius 1 is 1.38 bits per heavy atom. The van der Waals surface area contributed by atoms with Gasteiger partial charge in [-0.05, 0) is 11.6 Å². The van der Waals surface area contributed by atoms with Gasteiger partial charge in [0.2, 0.25) is 0 Å². The first-order valence-electron chi connectivity index (χ1n) is 6.94. The van der Waals surface area contributed by atoms with Gasteiger partial charge >= 0.3 is 5.97 Å². The molecule has 1 aliphatic heterocycles. The third-order valence-electron chi connectivity index (χ3n) is 3.17. The Balaban J connectivity index is 1.78. The van der Waals surface area contributed by atoms with E-state index in [1.54, 1.807) is 12.2 Å². The molecule has 4 heteroatoms. The summed E-state index contributed by atoms with van der Waals surface area (Å²) in [6.45, 7) is 0. The van der Waals surface area contributed by atoms with Gasteiger partial charge in [0.25, 0.3) is 0 Å². The SMILES string of the molecule is O=C(/C=C/c1ccccc1)C[C@@H](O)C[C@H]1CC=CC(=O)O1. The predicted molar refractivity (Wildman–Crippen MR) is 79.4 cm³/mol. The molecule has 21 heavy (non-hydrogen) atoms. The first kappa shape index (κ1) is 15.2. The molecule has 1 aromatic carbocycles. The van der Waals surface area contributed by atoms with Gasteiger partial charge in [0, 0.05) is 25.3 Å². The fourth-order valence-electron chi connectivity index (χ4n) is 2.15. The molecule has 0 saturated carbocycles. The number of carbonyl (C=O) groups excluding carboxylic acids is 2. The summed E-state index contributed by atoms with van der Waals surface area (Å²) in [5, 5.41) is 9.89. The molecule has 0 amide bonds. The van der Waals surface area contributed by atoms with Gasteiger partial charge < -0.3 is 9.84 Å². The van der Waals surface area contributed by atoms with Crippen LogP contribution in [0.2, 0.25) is 0 Å². The van der Waals surface area contributed by atoms with Crippen molar-refractivity contribution < 1.29 is 19.4 Å². The second-order valence-electron chi connectivity index (χ2n) is 5.00. The van der Waals surface area contributed by atoms with E-state index in [1.807, 2.05) is 30.3 Å². The molecule has 1 aromatic rings. The van der Waals surface area contributed by atoms with Gasteiger partial charge in [0.15, 0.2) is 5.78 Å². The van der Waals surface area contributed by atoms with Crippen LogP contribution < -0.4 is 0 Å². The highest BCUT2D eigenvalue weighted by atomic mass is 16.5. The van der Waals surface area contributed by atoms with Crippen LogP contribution in [0, 0.1) is 0 Å². The summed E-state index contributed by atoms with van der Waals surface area (Å²) >= 11 is 0. The highest BCUT2D eigenvalue weighted by molar-refractivity contribution is 5.93. The van der Waals surface area contributed by atoms with E-state index in [-0.39, 0.29) is 24.7 Å². The summed E-state index contributed by atoms with van der Waals surface area (Å²) in [4.78, 5) is 22.8. The average Bonchev–Trinajstić information content (AvgIpc) is 2.46. The summed E-state index contributed by atoms with van der Waals surface area (Å²) < 4.78 is 5.05. The maximum Gasteiger partial charge on any atom is 0.330 e. The summed E-state index contributed by atoms with van der Waals surface area (Å²) in [5.74, 6) is -0.544. The second kappa shape index (κ2) is 7.55. The number of aliphatic hydroxyl groups is 1. The van der Waals surface area contributed by atoms with E-state index in [0.717, 1.165) is 5.56 Å². The summed E-state index contributed by atoms with van der Waals surface area (Å²) in [6.07, 6.45) is 6.02. The van der Waals surface area contributed by atoms with Crippen LogP contribution >= 0.6 is 0 Å². The van der Waals surface area contributed by atoms with Crippen molar-refractivity contribution in [2.75, 3.05) is 0 Å². The van der Waals surface area contributed by atoms with Crippen molar-refractivity contribution in [1.82, 2.24) is 0 Å². The number of benzene rings is 1. The van der Waals surface area contributed by atoms with Crippen LogP contribution in [-0.4, -0.2) is 29.1 Å². The lowest BCUT2D eigenvalue weighted by molar-refractivity contribution is -0.145. The third-order valence-corrected chi connectivity index (χ3v) is 3.17. The third kappa shape index (κ3) is 5.36. The molecule has 1 N–H and O–H groups in total. The highest BCUT2D eigenvalue weighted by Crippen LogP contribution is 2.15. The number of carbonyl (C=O) groups is 2. The van der Waals surface area contributed by atoms with Crippen molar-refractivity contribution in [1.29, 1.82) is 0 Å². The molecular weight excluding hydrogens is 268 g/mol. The number of hydrogen-bond acceptors (Lipinski definition) is 4. The zero-order valence-electron chi connectivity index (χ0n) is 11.6. The van der Waals surface area contributed by atoms with Gasteiger partial charge in [0.05, 0.1) is 6.10 Å². The Morgan fingerprint density at radius 2 is 2.14 bits per heavy atom. The smallest absolute Gasteiger partial charge is 0.330 e. The fourth-order valence-corrected chi connectivity index (χ4v) is 2.15. The molecule has 0 aromatic heterocycles. The number of rotatable bonds is 6. The average molecular weight is 286 g/mol. The van der Waals surface area contributed by atoms with Crippen molar-refractivity contribution in [2.24, 2.45) is 0 Å². The minimum absolute atomic E-state index is 0.0289. The fraction of sp³-hybridized carbons (Fsp3) is 0.294. The van der Waals surface area contributed by atoms with Crippen molar-refractivity contribution in [3.8, 4) is 0 Å². The summed E-state index contributed by atoms with van der Waals surface area (Å²) in [7, 11) is 0. The molecule has 0 bridgehead atoms. The Morgan fingerprint density at radius 3 is 2.86 bits per heavy atom.